The van der Waals surface area contributed by atoms with Crippen LogP contribution >= 0.6 is 0 Å². The number of esters is 1. The van der Waals surface area contributed by atoms with Gasteiger partial charge in [-0.2, -0.15) is 0 Å². The van der Waals surface area contributed by atoms with E-state index in [1.807, 2.05) is 6.92 Å². The molecule has 0 amide bonds. The van der Waals surface area contributed by atoms with Crippen molar-refractivity contribution >= 4 is 5.97 Å². The van der Waals surface area contributed by atoms with Crippen molar-refractivity contribution in [2.24, 2.45) is 11.3 Å². The van der Waals surface area contributed by atoms with Crippen molar-refractivity contribution in [2.45, 2.75) is 63.9 Å². The molecule has 3 aliphatic rings. The lowest BCUT2D eigenvalue weighted by Gasteiger charge is -2.60. The molecule has 0 aromatic carbocycles. The van der Waals surface area contributed by atoms with E-state index in [0.29, 0.717) is 17.6 Å². The fourth-order valence-corrected chi connectivity index (χ4v) is 4.56. The molecule has 2 N–H and O–H groups in total. The largest absolute Gasteiger partial charge is 0.426 e. The summed E-state index contributed by atoms with van der Waals surface area (Å²) in [6, 6.07) is 0. The number of fused-ring (bicyclic) bond motifs is 2. The fourth-order valence-electron chi connectivity index (χ4n) is 4.56. The first kappa shape index (κ1) is 15.0. The van der Waals surface area contributed by atoms with Crippen LogP contribution in [0.1, 0.15) is 46.5 Å². The van der Waals surface area contributed by atoms with Gasteiger partial charge in [0.05, 0.1) is 6.10 Å². The molecule has 2 saturated carbocycles. The molecule has 5 nitrogen and oxygen atoms in total. The summed E-state index contributed by atoms with van der Waals surface area (Å²) in [6.07, 6.45) is 1.78. The summed E-state index contributed by atoms with van der Waals surface area (Å²) in [4.78, 5) is 11.8. The van der Waals surface area contributed by atoms with E-state index in [-0.39, 0.29) is 18.4 Å². The van der Waals surface area contributed by atoms with Gasteiger partial charge in [-0.1, -0.05) is 13.8 Å². The second-order valence-corrected chi connectivity index (χ2v) is 7.18. The molecule has 5 unspecified atom stereocenters. The average Bonchev–Trinajstić information content (AvgIpc) is 2.60. The highest BCUT2D eigenvalue weighted by Gasteiger charge is 2.67. The summed E-state index contributed by atoms with van der Waals surface area (Å²) in [7, 11) is 1.58. The second-order valence-electron chi connectivity index (χ2n) is 7.18. The molecule has 3 rings (SSSR count). The number of carbonyl (C=O) groups excluding carboxylic acids is 1. The normalized spacial score (nSPS) is 49.7. The zero-order valence-corrected chi connectivity index (χ0v) is 13.1. The third-order valence-corrected chi connectivity index (χ3v) is 6.30. The number of rotatable bonds is 1. The molecule has 0 aromatic heterocycles. The van der Waals surface area contributed by atoms with Crippen molar-refractivity contribution in [3.05, 3.63) is 11.1 Å². The molecule has 0 spiro atoms. The minimum atomic E-state index is -1.68. The molecule has 0 bridgehead atoms. The molecule has 0 aromatic rings. The van der Waals surface area contributed by atoms with Gasteiger partial charge in [-0.15, -0.1) is 0 Å². The van der Waals surface area contributed by atoms with E-state index in [1.165, 1.54) is 0 Å². The molecule has 1 aliphatic heterocycles. The summed E-state index contributed by atoms with van der Waals surface area (Å²) in [5.74, 6) is -1.89. The molecule has 2 aliphatic carbocycles. The Balaban J connectivity index is 2.11. The van der Waals surface area contributed by atoms with Crippen molar-refractivity contribution in [1.29, 1.82) is 0 Å². The summed E-state index contributed by atoms with van der Waals surface area (Å²) in [5.41, 5.74) is -0.540. The van der Waals surface area contributed by atoms with Crippen molar-refractivity contribution in [3.8, 4) is 0 Å². The topological polar surface area (TPSA) is 76.0 Å². The highest BCUT2D eigenvalue weighted by molar-refractivity contribution is 5.92. The highest BCUT2D eigenvalue weighted by atomic mass is 16.7. The van der Waals surface area contributed by atoms with E-state index < -0.39 is 22.8 Å². The number of carbonyl (C=O) groups is 1. The molecule has 21 heavy (non-hydrogen) atoms. The van der Waals surface area contributed by atoms with Crippen molar-refractivity contribution in [3.63, 3.8) is 0 Å². The van der Waals surface area contributed by atoms with Gasteiger partial charge in [0.1, 0.15) is 5.60 Å². The van der Waals surface area contributed by atoms with Gasteiger partial charge in [0, 0.05) is 30.1 Å². The standard InChI is InChI=1S/C16H24O5/c1-9-5-6-12(20-4)15(18)8-16(19)11(7-14(9,15)3)10(2)13(17)21-16/h9,12,18-19H,5-8H2,1-4H3. The van der Waals surface area contributed by atoms with Crippen LogP contribution in [0.2, 0.25) is 0 Å². The predicted octanol–water partition coefficient (Wildman–Crippen LogP) is 1.52. The predicted molar refractivity (Wildman–Crippen MR) is 75.2 cm³/mol. The average molecular weight is 296 g/mol. The van der Waals surface area contributed by atoms with Crippen LogP contribution in [0, 0.1) is 11.3 Å². The van der Waals surface area contributed by atoms with Crippen LogP contribution in [0.3, 0.4) is 0 Å². The second kappa shape index (κ2) is 4.31. The van der Waals surface area contributed by atoms with Gasteiger partial charge in [0.25, 0.3) is 0 Å². The third-order valence-electron chi connectivity index (χ3n) is 6.30. The Morgan fingerprint density at radius 2 is 2.00 bits per heavy atom. The van der Waals surface area contributed by atoms with E-state index >= 15 is 0 Å². The van der Waals surface area contributed by atoms with Crippen LogP contribution in [-0.2, 0) is 14.3 Å². The van der Waals surface area contributed by atoms with E-state index in [1.54, 1.807) is 14.0 Å². The first-order chi connectivity index (χ1) is 9.68. The molecule has 5 heteroatoms. The molecule has 0 saturated heterocycles. The molecule has 118 valence electrons. The maximum atomic E-state index is 11.8. The Labute approximate surface area is 124 Å². The molecule has 5 atom stereocenters. The maximum absolute atomic E-state index is 11.8. The highest BCUT2D eigenvalue weighted by Crippen LogP contribution is 2.61. The van der Waals surface area contributed by atoms with Gasteiger partial charge in [-0.05, 0) is 32.1 Å². The minimum Gasteiger partial charge on any atom is -0.426 e. The van der Waals surface area contributed by atoms with Gasteiger partial charge < -0.3 is 19.7 Å². The Hall–Kier alpha value is -0.910. The van der Waals surface area contributed by atoms with Crippen LogP contribution < -0.4 is 0 Å². The first-order valence-electron chi connectivity index (χ1n) is 7.59. The van der Waals surface area contributed by atoms with Crippen molar-refractivity contribution in [1.82, 2.24) is 0 Å². The molecule has 1 heterocycles. The minimum absolute atomic E-state index is 0.0161. The summed E-state index contributed by atoms with van der Waals surface area (Å²) in [6.45, 7) is 5.84. The van der Waals surface area contributed by atoms with Crippen LogP contribution in [0.5, 0.6) is 0 Å². The molecular formula is C16H24O5. The Kier molecular flexibility index (Phi) is 3.08. The van der Waals surface area contributed by atoms with Crippen LogP contribution in [0.25, 0.3) is 0 Å². The Bertz CT molecular complexity index is 527. The van der Waals surface area contributed by atoms with Gasteiger partial charge in [-0.3, -0.25) is 0 Å². The Morgan fingerprint density at radius 1 is 1.33 bits per heavy atom. The van der Waals surface area contributed by atoms with Crippen LogP contribution in [0.15, 0.2) is 11.1 Å². The maximum Gasteiger partial charge on any atom is 0.336 e. The molecule has 2 fully saturated rings. The molecule has 0 radical (unpaired) electrons. The van der Waals surface area contributed by atoms with Gasteiger partial charge in [-0.25, -0.2) is 4.79 Å². The van der Waals surface area contributed by atoms with Crippen molar-refractivity contribution < 1.29 is 24.5 Å². The number of hydrogen-bond acceptors (Lipinski definition) is 5. The van der Waals surface area contributed by atoms with Crippen LogP contribution in [-0.4, -0.2) is 40.8 Å². The number of aliphatic hydroxyl groups is 2. The van der Waals surface area contributed by atoms with Crippen LogP contribution in [0.4, 0.5) is 0 Å². The van der Waals surface area contributed by atoms with E-state index in [2.05, 4.69) is 6.92 Å². The van der Waals surface area contributed by atoms with E-state index in [9.17, 15) is 15.0 Å². The quantitative estimate of drug-likeness (QED) is 0.718. The van der Waals surface area contributed by atoms with Gasteiger partial charge in [0.2, 0.25) is 5.79 Å². The summed E-state index contributed by atoms with van der Waals surface area (Å²) in [5, 5.41) is 22.1. The number of methoxy groups -OCH3 is 1. The fraction of sp³-hybridized carbons (Fsp3) is 0.812. The monoisotopic (exact) mass is 296 g/mol. The number of ether oxygens (including phenoxy) is 2. The lowest BCUT2D eigenvalue weighted by atomic mass is 9.50. The van der Waals surface area contributed by atoms with E-state index in [0.717, 1.165) is 12.8 Å². The Morgan fingerprint density at radius 3 is 2.62 bits per heavy atom. The lowest BCUT2D eigenvalue weighted by Crippen LogP contribution is -2.67. The smallest absolute Gasteiger partial charge is 0.336 e. The zero-order valence-electron chi connectivity index (χ0n) is 13.1. The lowest BCUT2D eigenvalue weighted by molar-refractivity contribution is -0.278. The van der Waals surface area contributed by atoms with E-state index in [4.69, 9.17) is 9.47 Å². The SMILES string of the molecule is COC1CCC(C)C2(C)CC3=C(C)C(=O)OC3(O)CC12O. The van der Waals surface area contributed by atoms with Gasteiger partial charge >= 0.3 is 5.97 Å². The molecular weight excluding hydrogens is 272 g/mol. The summed E-state index contributed by atoms with van der Waals surface area (Å²) < 4.78 is 10.7. The first-order valence-corrected chi connectivity index (χ1v) is 7.59. The zero-order chi connectivity index (χ0) is 15.6. The number of hydrogen-bond donors (Lipinski definition) is 2. The van der Waals surface area contributed by atoms with Gasteiger partial charge in [0.15, 0.2) is 0 Å². The third kappa shape index (κ3) is 1.71. The summed E-state index contributed by atoms with van der Waals surface area (Å²) >= 11 is 0. The van der Waals surface area contributed by atoms with Crippen molar-refractivity contribution in [2.75, 3.05) is 7.11 Å².